The lowest BCUT2D eigenvalue weighted by atomic mass is 10.1. The van der Waals surface area contributed by atoms with Crippen LogP contribution in [-0.4, -0.2) is 45.8 Å². The van der Waals surface area contributed by atoms with Crippen molar-refractivity contribution in [2.75, 3.05) is 13.7 Å². The van der Waals surface area contributed by atoms with Crippen LogP contribution in [0.3, 0.4) is 0 Å². The van der Waals surface area contributed by atoms with Crippen LogP contribution in [0.5, 0.6) is 5.75 Å². The topological polar surface area (TPSA) is 97.4 Å². The third-order valence-corrected chi connectivity index (χ3v) is 6.55. The number of aromatic nitrogens is 2. The predicted molar refractivity (Wildman–Crippen MR) is 136 cm³/mol. The highest BCUT2D eigenvalue weighted by atomic mass is 79.9. The van der Waals surface area contributed by atoms with Crippen molar-refractivity contribution in [3.05, 3.63) is 62.4 Å². The maximum atomic E-state index is 14.6. The van der Waals surface area contributed by atoms with Crippen molar-refractivity contribution in [2.24, 2.45) is 0 Å². The van der Waals surface area contributed by atoms with Crippen LogP contribution in [0.25, 0.3) is 16.6 Å². The number of carbonyl (C=O) groups is 1. The number of benzene rings is 2. The van der Waals surface area contributed by atoms with E-state index in [1.54, 1.807) is 17.0 Å². The van der Waals surface area contributed by atoms with Gasteiger partial charge in [-0.3, -0.25) is 9.36 Å². The molecule has 10 heteroatoms. The van der Waals surface area contributed by atoms with Gasteiger partial charge < -0.3 is 14.4 Å². The first-order valence-electron chi connectivity index (χ1n) is 11.5. The second kappa shape index (κ2) is 9.90. The molecule has 8 nitrogen and oxygen atoms in total. The normalized spacial score (nSPS) is 15.7. The number of fused-ring (bicyclic) bond motifs is 1. The molecule has 0 aliphatic carbocycles. The largest absolute Gasteiger partial charge is 0.494 e. The number of likely N-dealkylation sites (tertiary alicyclic amines) is 1. The Kier molecular flexibility index (Phi) is 7.05. The smallest absolute Gasteiger partial charge is 0.410 e. The highest BCUT2D eigenvalue weighted by Crippen LogP contribution is 2.28. The molecule has 0 unspecified atom stereocenters. The molecule has 1 aromatic heterocycles. The number of rotatable bonds is 4. The van der Waals surface area contributed by atoms with Gasteiger partial charge in [0.05, 0.1) is 35.3 Å². The Bertz CT molecular complexity index is 1440. The van der Waals surface area contributed by atoms with E-state index in [-0.39, 0.29) is 29.3 Å². The van der Waals surface area contributed by atoms with E-state index < -0.39 is 23.1 Å². The van der Waals surface area contributed by atoms with Gasteiger partial charge in [-0.15, -0.1) is 0 Å². The summed E-state index contributed by atoms with van der Waals surface area (Å²) in [7, 11) is 1.36. The summed E-state index contributed by atoms with van der Waals surface area (Å²) in [4.78, 5) is 33.0. The molecule has 0 spiro atoms. The number of hydrogen-bond donors (Lipinski definition) is 0. The predicted octanol–water partition coefficient (Wildman–Crippen LogP) is 5.11. The van der Waals surface area contributed by atoms with E-state index in [1.807, 2.05) is 26.8 Å². The van der Waals surface area contributed by atoms with E-state index in [9.17, 15) is 19.2 Å². The minimum Gasteiger partial charge on any atom is -0.494 e. The molecular formula is C26H26BrFN4O4. The molecule has 1 fully saturated rings. The Morgan fingerprint density at radius 3 is 2.69 bits per heavy atom. The first-order valence-corrected chi connectivity index (χ1v) is 12.3. The van der Waals surface area contributed by atoms with Crippen molar-refractivity contribution in [3.63, 3.8) is 0 Å². The van der Waals surface area contributed by atoms with E-state index in [1.165, 1.54) is 29.9 Å². The Morgan fingerprint density at radius 1 is 1.31 bits per heavy atom. The lowest BCUT2D eigenvalue weighted by Crippen LogP contribution is -2.41. The van der Waals surface area contributed by atoms with Gasteiger partial charge in [-0.1, -0.05) is 0 Å². The molecule has 36 heavy (non-hydrogen) atoms. The van der Waals surface area contributed by atoms with Gasteiger partial charge in [-0.2, -0.15) is 5.26 Å². The maximum Gasteiger partial charge on any atom is 0.410 e. The van der Waals surface area contributed by atoms with Gasteiger partial charge in [0.25, 0.3) is 5.56 Å². The van der Waals surface area contributed by atoms with Crippen LogP contribution in [0.4, 0.5) is 9.18 Å². The van der Waals surface area contributed by atoms with E-state index in [4.69, 9.17) is 14.5 Å². The third kappa shape index (κ3) is 5.07. The van der Waals surface area contributed by atoms with Crippen LogP contribution in [0.2, 0.25) is 0 Å². The van der Waals surface area contributed by atoms with Crippen molar-refractivity contribution in [1.29, 1.82) is 5.26 Å². The zero-order valence-corrected chi connectivity index (χ0v) is 22.1. The van der Waals surface area contributed by atoms with Gasteiger partial charge in [0.15, 0.2) is 11.6 Å². The van der Waals surface area contributed by atoms with Crippen molar-refractivity contribution in [2.45, 2.75) is 51.7 Å². The lowest BCUT2D eigenvalue weighted by molar-refractivity contribution is 0.0225. The number of carbonyl (C=O) groups excluding carboxylic acids is 1. The van der Waals surface area contributed by atoms with Crippen LogP contribution in [0.15, 0.2) is 39.6 Å². The van der Waals surface area contributed by atoms with Crippen LogP contribution < -0.4 is 10.3 Å². The number of hydrogen-bond acceptors (Lipinski definition) is 6. The summed E-state index contributed by atoms with van der Waals surface area (Å²) in [6.07, 6.45) is 1.33. The van der Waals surface area contributed by atoms with E-state index in [2.05, 4.69) is 15.9 Å². The summed E-state index contributed by atoms with van der Waals surface area (Å²) in [6, 6.07) is 9.07. The number of halogens is 2. The first-order chi connectivity index (χ1) is 17.0. The molecule has 1 atom stereocenters. The lowest BCUT2D eigenvalue weighted by Gasteiger charge is -2.29. The van der Waals surface area contributed by atoms with Crippen LogP contribution in [0.1, 0.15) is 45.0 Å². The Labute approximate surface area is 216 Å². The molecule has 2 aromatic carbocycles. The van der Waals surface area contributed by atoms with Gasteiger partial charge in [-0.25, -0.2) is 14.2 Å². The highest BCUT2D eigenvalue weighted by Gasteiger charge is 2.33. The maximum absolute atomic E-state index is 14.6. The zero-order chi connectivity index (χ0) is 26.2. The number of ether oxygens (including phenoxy) is 2. The summed E-state index contributed by atoms with van der Waals surface area (Å²) in [6.45, 7) is 5.96. The fourth-order valence-electron chi connectivity index (χ4n) is 4.37. The number of amides is 1. The number of nitriles is 1. The minimum atomic E-state index is -0.641. The van der Waals surface area contributed by atoms with Gasteiger partial charge in [0.2, 0.25) is 0 Å². The summed E-state index contributed by atoms with van der Waals surface area (Å²) in [5.41, 5.74) is -0.138. The number of nitrogens with zero attached hydrogens (tertiary/aromatic N) is 4. The fraction of sp³-hybridized carbons (Fsp3) is 0.385. The van der Waals surface area contributed by atoms with E-state index in [0.717, 1.165) is 6.42 Å². The fourth-order valence-corrected chi connectivity index (χ4v) is 4.92. The summed E-state index contributed by atoms with van der Waals surface area (Å²) < 4.78 is 27.1. The summed E-state index contributed by atoms with van der Waals surface area (Å²) >= 11 is 3.43. The molecule has 0 radical (unpaired) electrons. The third-order valence-electron chi connectivity index (χ3n) is 5.94. The quantitative estimate of drug-likeness (QED) is 0.443. The molecule has 4 rings (SSSR count). The molecule has 3 aromatic rings. The minimum absolute atomic E-state index is 0.0449. The molecule has 0 bridgehead atoms. The summed E-state index contributed by atoms with van der Waals surface area (Å²) in [5, 5.41) is 9.60. The van der Waals surface area contributed by atoms with Gasteiger partial charge >= 0.3 is 6.09 Å². The average Bonchev–Trinajstić information content (AvgIpc) is 3.27. The van der Waals surface area contributed by atoms with Crippen molar-refractivity contribution < 1.29 is 18.7 Å². The Morgan fingerprint density at radius 2 is 2.06 bits per heavy atom. The molecule has 2 heterocycles. The van der Waals surface area contributed by atoms with Gasteiger partial charge in [0, 0.05) is 29.5 Å². The van der Waals surface area contributed by atoms with E-state index in [0.29, 0.717) is 34.3 Å². The molecule has 188 valence electrons. The van der Waals surface area contributed by atoms with E-state index >= 15 is 0 Å². The van der Waals surface area contributed by atoms with Gasteiger partial charge in [0.1, 0.15) is 11.4 Å². The zero-order valence-electron chi connectivity index (χ0n) is 20.5. The van der Waals surface area contributed by atoms with Crippen molar-refractivity contribution >= 4 is 32.9 Å². The van der Waals surface area contributed by atoms with Crippen molar-refractivity contribution in [1.82, 2.24) is 14.5 Å². The second-order valence-corrected chi connectivity index (χ2v) is 10.5. The first kappa shape index (κ1) is 25.6. The molecule has 1 aliphatic heterocycles. The molecule has 1 amide bonds. The molecule has 1 saturated heterocycles. The molecule has 1 aliphatic rings. The monoisotopic (exact) mass is 556 g/mol. The standard InChI is InChI=1S/C26H26BrFN4O4/c1-26(2,3)36-25(34)31-9-5-6-16(31)13-22-30-23-18(10-15(14-29)11-19(23)27)24(33)32(22)17-7-8-21(35-4)20(28)12-17/h7-8,10-12,16H,5-6,9,13H2,1-4H3/t16-/m1/s1. The second-order valence-electron chi connectivity index (χ2n) is 9.63. The van der Waals surface area contributed by atoms with Crippen LogP contribution in [-0.2, 0) is 11.2 Å². The molecule has 0 saturated carbocycles. The molecular weight excluding hydrogens is 531 g/mol. The molecule has 0 N–H and O–H groups in total. The van der Waals surface area contributed by atoms with Crippen molar-refractivity contribution in [3.8, 4) is 17.5 Å². The SMILES string of the molecule is COc1ccc(-n2c(C[C@H]3CCCN3C(=O)OC(C)(C)C)nc3c(Br)cc(C#N)cc3c2=O)cc1F. The Balaban J connectivity index is 1.87. The van der Waals surface area contributed by atoms with Crippen LogP contribution >= 0.6 is 15.9 Å². The van der Waals surface area contributed by atoms with Crippen LogP contribution in [0, 0.1) is 17.1 Å². The highest BCUT2D eigenvalue weighted by molar-refractivity contribution is 9.10. The van der Waals surface area contributed by atoms with Gasteiger partial charge in [-0.05, 0) is 73.8 Å². The Hall–Kier alpha value is -3.45. The average molecular weight is 557 g/mol. The summed E-state index contributed by atoms with van der Waals surface area (Å²) in [5.74, 6) is -0.220. The number of methoxy groups -OCH3 is 1.